The first-order valence-corrected chi connectivity index (χ1v) is 7.47. The van der Waals surface area contributed by atoms with Gasteiger partial charge in [-0.2, -0.15) is 0 Å². The van der Waals surface area contributed by atoms with Crippen molar-refractivity contribution >= 4 is 17.8 Å². The van der Waals surface area contributed by atoms with Gasteiger partial charge in [0.2, 0.25) is 5.91 Å². The minimum Gasteiger partial charge on any atom is -0.465 e. The number of carbonyl (C=O) groups excluding carboxylic acids is 3. The number of carbonyl (C=O) groups is 3. The number of halogens is 1. The van der Waals surface area contributed by atoms with Crippen molar-refractivity contribution in [2.45, 2.75) is 6.54 Å². The van der Waals surface area contributed by atoms with Crippen molar-refractivity contribution in [2.24, 2.45) is 0 Å². The van der Waals surface area contributed by atoms with Crippen molar-refractivity contribution < 1.29 is 23.5 Å². The van der Waals surface area contributed by atoms with Crippen molar-refractivity contribution in [3.63, 3.8) is 0 Å². The summed E-state index contributed by atoms with van der Waals surface area (Å²) in [5.74, 6) is -1.70. The molecule has 2 amide bonds. The minimum absolute atomic E-state index is 0.198. The second-order valence-electron chi connectivity index (χ2n) is 5.15. The van der Waals surface area contributed by atoms with Crippen LogP contribution in [0, 0.1) is 5.82 Å². The SMILES string of the molecule is COC(=O)c1ccc(CNC(=O)CNC(=O)c2ccc(F)cc2)cc1. The molecular formula is C18H17FN2O4. The van der Waals surface area contributed by atoms with E-state index in [0.717, 1.165) is 5.56 Å². The van der Waals surface area contributed by atoms with Gasteiger partial charge >= 0.3 is 5.97 Å². The van der Waals surface area contributed by atoms with Gasteiger partial charge in [-0.05, 0) is 42.0 Å². The van der Waals surface area contributed by atoms with Crippen molar-refractivity contribution in [1.82, 2.24) is 10.6 Å². The van der Waals surface area contributed by atoms with E-state index in [4.69, 9.17) is 0 Å². The fourth-order valence-corrected chi connectivity index (χ4v) is 2.00. The normalized spacial score (nSPS) is 10.0. The lowest BCUT2D eigenvalue weighted by Crippen LogP contribution is -2.36. The topological polar surface area (TPSA) is 84.5 Å². The number of esters is 1. The number of hydrogen-bond acceptors (Lipinski definition) is 4. The van der Waals surface area contributed by atoms with Crippen LogP contribution < -0.4 is 10.6 Å². The number of ether oxygens (including phenoxy) is 1. The van der Waals surface area contributed by atoms with Crippen LogP contribution >= 0.6 is 0 Å². The Hall–Kier alpha value is -3.22. The Morgan fingerprint density at radius 3 is 2.12 bits per heavy atom. The zero-order valence-corrected chi connectivity index (χ0v) is 13.5. The molecule has 0 atom stereocenters. The number of hydrogen-bond donors (Lipinski definition) is 2. The van der Waals surface area contributed by atoms with Crippen LogP contribution in [0.3, 0.4) is 0 Å². The maximum Gasteiger partial charge on any atom is 0.337 e. The van der Waals surface area contributed by atoms with E-state index in [1.165, 1.54) is 31.4 Å². The molecule has 0 aliphatic rings. The Bertz CT molecular complexity index is 758. The van der Waals surface area contributed by atoms with E-state index in [-0.39, 0.29) is 24.6 Å². The van der Waals surface area contributed by atoms with E-state index in [1.807, 2.05) is 0 Å². The molecule has 7 heteroatoms. The maximum atomic E-state index is 12.8. The molecule has 0 bridgehead atoms. The first-order valence-electron chi connectivity index (χ1n) is 7.47. The standard InChI is InChI=1S/C18H17FN2O4/c1-25-18(24)14-4-2-12(3-5-14)10-20-16(22)11-21-17(23)13-6-8-15(19)9-7-13/h2-9H,10-11H2,1H3,(H,20,22)(H,21,23). The van der Waals surface area contributed by atoms with E-state index in [0.29, 0.717) is 5.56 Å². The maximum absolute atomic E-state index is 12.8. The van der Waals surface area contributed by atoms with E-state index in [1.54, 1.807) is 24.3 Å². The highest BCUT2D eigenvalue weighted by molar-refractivity contribution is 5.96. The van der Waals surface area contributed by atoms with Crippen molar-refractivity contribution in [1.29, 1.82) is 0 Å². The summed E-state index contributed by atoms with van der Waals surface area (Å²) < 4.78 is 17.4. The van der Waals surface area contributed by atoms with Crippen LogP contribution in [0.4, 0.5) is 4.39 Å². The summed E-state index contributed by atoms with van der Waals surface area (Å²) in [5, 5.41) is 5.10. The molecule has 6 nitrogen and oxygen atoms in total. The van der Waals surface area contributed by atoms with Gasteiger partial charge in [-0.3, -0.25) is 9.59 Å². The summed E-state index contributed by atoms with van der Waals surface area (Å²) in [7, 11) is 1.30. The van der Waals surface area contributed by atoms with Gasteiger partial charge < -0.3 is 15.4 Å². The van der Waals surface area contributed by atoms with Crippen molar-refractivity contribution in [3.8, 4) is 0 Å². The predicted octanol–water partition coefficient (Wildman–Crippen LogP) is 1.66. The van der Waals surface area contributed by atoms with E-state index in [9.17, 15) is 18.8 Å². The Kier molecular flexibility index (Phi) is 6.22. The van der Waals surface area contributed by atoms with Crippen molar-refractivity contribution in [2.75, 3.05) is 13.7 Å². The highest BCUT2D eigenvalue weighted by Crippen LogP contribution is 2.05. The third-order valence-corrected chi connectivity index (χ3v) is 3.38. The number of amides is 2. The summed E-state index contributed by atoms with van der Waals surface area (Å²) in [6.45, 7) is 0.0587. The van der Waals surface area contributed by atoms with Crippen LogP contribution in [0.1, 0.15) is 26.3 Å². The fraction of sp³-hybridized carbons (Fsp3) is 0.167. The van der Waals surface area contributed by atoms with Gasteiger partial charge in [-0.1, -0.05) is 12.1 Å². The van der Waals surface area contributed by atoms with Gasteiger partial charge in [0, 0.05) is 12.1 Å². The molecule has 2 aromatic rings. The van der Waals surface area contributed by atoms with E-state index < -0.39 is 17.7 Å². The van der Waals surface area contributed by atoms with Gasteiger partial charge in [-0.15, -0.1) is 0 Å². The molecule has 0 radical (unpaired) electrons. The largest absolute Gasteiger partial charge is 0.465 e. The monoisotopic (exact) mass is 344 g/mol. The molecule has 25 heavy (non-hydrogen) atoms. The minimum atomic E-state index is -0.461. The Labute approximate surface area is 144 Å². The van der Waals surface area contributed by atoms with Crippen LogP contribution in [-0.2, 0) is 16.1 Å². The smallest absolute Gasteiger partial charge is 0.337 e. The summed E-state index contributed by atoms with van der Waals surface area (Å²) in [6.07, 6.45) is 0. The van der Waals surface area contributed by atoms with E-state index in [2.05, 4.69) is 15.4 Å². The van der Waals surface area contributed by atoms with Gasteiger partial charge in [-0.25, -0.2) is 9.18 Å². The molecule has 0 aliphatic heterocycles. The molecule has 2 rings (SSSR count). The molecule has 2 N–H and O–H groups in total. The quantitative estimate of drug-likeness (QED) is 0.781. The molecular weight excluding hydrogens is 327 g/mol. The lowest BCUT2D eigenvalue weighted by Gasteiger charge is -2.08. The Morgan fingerprint density at radius 2 is 1.52 bits per heavy atom. The summed E-state index contributed by atoms with van der Waals surface area (Å²) >= 11 is 0. The van der Waals surface area contributed by atoms with Crippen LogP contribution in [0.2, 0.25) is 0 Å². The molecule has 0 heterocycles. The molecule has 2 aromatic carbocycles. The first-order chi connectivity index (χ1) is 12.0. The third-order valence-electron chi connectivity index (χ3n) is 3.38. The molecule has 0 saturated carbocycles. The van der Waals surface area contributed by atoms with Gasteiger partial charge in [0.1, 0.15) is 5.82 Å². The molecule has 0 saturated heterocycles. The Balaban J connectivity index is 1.77. The Morgan fingerprint density at radius 1 is 0.920 bits per heavy atom. The molecule has 0 fully saturated rings. The number of rotatable bonds is 6. The van der Waals surface area contributed by atoms with Gasteiger partial charge in [0.15, 0.2) is 0 Å². The first kappa shape index (κ1) is 18.1. The molecule has 0 spiro atoms. The molecule has 130 valence electrons. The van der Waals surface area contributed by atoms with Gasteiger partial charge in [0.05, 0.1) is 19.2 Å². The van der Waals surface area contributed by atoms with Crippen LogP contribution in [-0.4, -0.2) is 31.4 Å². The van der Waals surface area contributed by atoms with Crippen LogP contribution in [0.5, 0.6) is 0 Å². The summed E-state index contributed by atoms with van der Waals surface area (Å²) in [4.78, 5) is 34.9. The fourth-order valence-electron chi connectivity index (χ4n) is 2.00. The zero-order chi connectivity index (χ0) is 18.2. The van der Waals surface area contributed by atoms with Crippen molar-refractivity contribution in [3.05, 3.63) is 71.0 Å². The molecule has 0 unspecified atom stereocenters. The lowest BCUT2D eigenvalue weighted by molar-refractivity contribution is -0.120. The zero-order valence-electron chi connectivity index (χ0n) is 13.5. The summed E-state index contributed by atoms with van der Waals surface area (Å²) in [6, 6.07) is 11.6. The number of benzene rings is 2. The number of nitrogens with one attached hydrogen (secondary N) is 2. The second-order valence-corrected chi connectivity index (χ2v) is 5.15. The molecule has 0 aliphatic carbocycles. The van der Waals surface area contributed by atoms with E-state index >= 15 is 0 Å². The van der Waals surface area contributed by atoms with Crippen LogP contribution in [0.25, 0.3) is 0 Å². The lowest BCUT2D eigenvalue weighted by atomic mass is 10.1. The summed E-state index contributed by atoms with van der Waals surface area (Å²) in [5.41, 5.74) is 1.49. The van der Waals surface area contributed by atoms with Crippen LogP contribution in [0.15, 0.2) is 48.5 Å². The third kappa shape index (κ3) is 5.42. The predicted molar refractivity (Wildman–Crippen MR) is 88.4 cm³/mol. The second kappa shape index (κ2) is 8.58. The highest BCUT2D eigenvalue weighted by Gasteiger charge is 2.08. The average Bonchev–Trinajstić information content (AvgIpc) is 2.64. The van der Waals surface area contributed by atoms with Gasteiger partial charge in [0.25, 0.3) is 5.91 Å². The number of methoxy groups -OCH3 is 1. The highest BCUT2D eigenvalue weighted by atomic mass is 19.1. The molecule has 0 aromatic heterocycles. The average molecular weight is 344 g/mol.